The van der Waals surface area contributed by atoms with Crippen molar-refractivity contribution in [2.75, 3.05) is 4.90 Å². The first-order chi connectivity index (χ1) is 27.0. The average molecular weight is 700 g/mol. The first-order valence-corrected chi connectivity index (χ1v) is 19.4. The summed E-state index contributed by atoms with van der Waals surface area (Å²) < 4.78 is 0. The molecule has 9 aromatic rings. The Morgan fingerprint density at radius 1 is 0.345 bits per heavy atom. The van der Waals surface area contributed by atoms with Gasteiger partial charge in [-0.1, -0.05) is 172 Å². The largest absolute Gasteiger partial charge is 0.310 e. The SMILES string of the molecule is CC1(C)c2ccccc2-c2ccc(N(c3ccc4c(c3)C3(c5ccccc5-c5ccccc53)c3ccc5ccccc5c3-4)c3cccc4ccccc34)cc21. The van der Waals surface area contributed by atoms with Gasteiger partial charge in [0, 0.05) is 22.2 Å². The molecule has 3 aliphatic rings. The van der Waals surface area contributed by atoms with Gasteiger partial charge in [0.05, 0.1) is 11.1 Å². The van der Waals surface area contributed by atoms with E-state index in [0.29, 0.717) is 0 Å². The lowest BCUT2D eigenvalue weighted by Gasteiger charge is -2.33. The van der Waals surface area contributed by atoms with Gasteiger partial charge in [0.1, 0.15) is 0 Å². The highest BCUT2D eigenvalue weighted by atomic mass is 15.1. The van der Waals surface area contributed by atoms with Gasteiger partial charge in [0.2, 0.25) is 0 Å². The quantitative estimate of drug-likeness (QED) is 0.177. The Bertz CT molecular complexity index is 3040. The Morgan fingerprint density at radius 3 is 1.56 bits per heavy atom. The summed E-state index contributed by atoms with van der Waals surface area (Å²) in [4.78, 5) is 2.52. The number of nitrogens with zero attached hydrogens (tertiary/aromatic N) is 1. The number of anilines is 3. The summed E-state index contributed by atoms with van der Waals surface area (Å²) >= 11 is 0. The second kappa shape index (κ2) is 10.9. The van der Waals surface area contributed by atoms with Crippen molar-refractivity contribution < 1.29 is 0 Å². The van der Waals surface area contributed by atoms with Crippen molar-refractivity contribution in [1.82, 2.24) is 0 Å². The predicted octanol–water partition coefficient (Wildman–Crippen LogP) is 14.1. The molecular weight excluding hydrogens is 663 g/mol. The molecule has 0 amide bonds. The standard InChI is InChI=1S/C54H37N/c1-53(2)45-22-10-7-19-40(45)43-29-27-36(32-49(43)53)55(51-25-13-16-34-14-3-5-17-38(34)51)37-28-30-44-50(33-37)54(48-31-26-35-15-4-6-18-39(35)52(44)48)46-23-11-8-20-41(46)42-21-9-12-24-47(42)54/h3-33H,1-2H3. The number of hydrogen-bond acceptors (Lipinski definition) is 1. The van der Waals surface area contributed by atoms with E-state index in [4.69, 9.17) is 0 Å². The van der Waals surface area contributed by atoms with Gasteiger partial charge in [-0.15, -0.1) is 0 Å². The minimum atomic E-state index is -0.454. The van der Waals surface area contributed by atoms with Crippen molar-refractivity contribution >= 4 is 38.6 Å². The normalized spacial score (nSPS) is 14.7. The molecule has 9 aromatic carbocycles. The molecule has 0 heterocycles. The molecule has 258 valence electrons. The van der Waals surface area contributed by atoms with Gasteiger partial charge in [-0.05, 0) is 113 Å². The molecule has 0 saturated carbocycles. The van der Waals surface area contributed by atoms with Crippen molar-refractivity contribution in [1.29, 1.82) is 0 Å². The van der Waals surface area contributed by atoms with Crippen molar-refractivity contribution in [3.05, 3.63) is 221 Å². The molecule has 55 heavy (non-hydrogen) atoms. The van der Waals surface area contributed by atoms with E-state index in [2.05, 4.69) is 207 Å². The van der Waals surface area contributed by atoms with E-state index < -0.39 is 5.41 Å². The zero-order valence-electron chi connectivity index (χ0n) is 30.8. The highest BCUT2D eigenvalue weighted by Crippen LogP contribution is 2.64. The van der Waals surface area contributed by atoms with Crippen LogP contribution in [0, 0.1) is 0 Å². The van der Waals surface area contributed by atoms with Gasteiger partial charge in [-0.3, -0.25) is 0 Å². The summed E-state index contributed by atoms with van der Waals surface area (Å²) in [6.45, 7) is 4.75. The fraction of sp³-hybridized carbons (Fsp3) is 0.0741. The van der Waals surface area contributed by atoms with Crippen LogP contribution in [0.2, 0.25) is 0 Å². The Morgan fingerprint density at radius 2 is 0.855 bits per heavy atom. The van der Waals surface area contributed by atoms with Crippen molar-refractivity contribution in [3.8, 4) is 33.4 Å². The summed E-state index contributed by atoms with van der Waals surface area (Å²) in [7, 11) is 0. The van der Waals surface area contributed by atoms with E-state index in [1.54, 1.807) is 0 Å². The van der Waals surface area contributed by atoms with Crippen molar-refractivity contribution in [3.63, 3.8) is 0 Å². The molecule has 0 atom stereocenters. The van der Waals surface area contributed by atoms with Crippen molar-refractivity contribution in [2.45, 2.75) is 24.7 Å². The molecule has 0 saturated heterocycles. The Labute approximate surface area is 321 Å². The average Bonchev–Trinajstić information content (AvgIpc) is 3.79. The Balaban J connectivity index is 1.17. The van der Waals surface area contributed by atoms with E-state index in [-0.39, 0.29) is 5.41 Å². The van der Waals surface area contributed by atoms with Crippen LogP contribution < -0.4 is 4.90 Å². The number of fused-ring (bicyclic) bond motifs is 16. The topological polar surface area (TPSA) is 3.24 Å². The molecule has 0 radical (unpaired) electrons. The Kier molecular flexibility index (Phi) is 6.11. The first kappa shape index (κ1) is 30.7. The fourth-order valence-corrected chi connectivity index (χ4v) is 10.7. The summed E-state index contributed by atoms with van der Waals surface area (Å²) in [6, 6.07) is 70.8. The maximum absolute atomic E-state index is 2.53. The van der Waals surface area contributed by atoms with Crippen LogP contribution in [0.15, 0.2) is 188 Å². The summed E-state index contributed by atoms with van der Waals surface area (Å²) in [5, 5.41) is 5.04. The minimum absolute atomic E-state index is 0.117. The molecule has 1 heteroatoms. The van der Waals surface area contributed by atoms with Crippen LogP contribution in [0.3, 0.4) is 0 Å². The van der Waals surface area contributed by atoms with E-state index in [1.165, 1.54) is 94.0 Å². The zero-order valence-corrected chi connectivity index (χ0v) is 30.8. The molecule has 0 bridgehead atoms. The predicted molar refractivity (Wildman–Crippen MR) is 230 cm³/mol. The lowest BCUT2D eigenvalue weighted by atomic mass is 9.70. The lowest BCUT2D eigenvalue weighted by Crippen LogP contribution is -2.26. The van der Waals surface area contributed by atoms with Crippen LogP contribution in [-0.2, 0) is 10.8 Å². The third kappa shape index (κ3) is 3.92. The molecule has 0 fully saturated rings. The van der Waals surface area contributed by atoms with Crippen LogP contribution in [0.4, 0.5) is 17.1 Å². The third-order valence-corrected chi connectivity index (χ3v) is 13.1. The maximum Gasteiger partial charge on any atom is 0.0726 e. The van der Waals surface area contributed by atoms with Crippen LogP contribution in [0.5, 0.6) is 0 Å². The highest BCUT2D eigenvalue weighted by molar-refractivity contribution is 6.07. The monoisotopic (exact) mass is 699 g/mol. The van der Waals surface area contributed by atoms with Crippen molar-refractivity contribution in [2.24, 2.45) is 0 Å². The Hall–Kier alpha value is -6.70. The first-order valence-electron chi connectivity index (χ1n) is 19.4. The van der Waals surface area contributed by atoms with E-state index in [0.717, 1.165) is 11.4 Å². The van der Waals surface area contributed by atoms with Gasteiger partial charge in [-0.2, -0.15) is 0 Å². The molecule has 0 aromatic heterocycles. The molecule has 3 aliphatic carbocycles. The van der Waals surface area contributed by atoms with Gasteiger partial charge in [0.25, 0.3) is 0 Å². The molecular formula is C54H37N. The van der Waals surface area contributed by atoms with Crippen LogP contribution in [-0.4, -0.2) is 0 Å². The lowest BCUT2D eigenvalue weighted by molar-refractivity contribution is 0.660. The molecule has 1 spiro atoms. The summed E-state index contributed by atoms with van der Waals surface area (Å²) in [5.74, 6) is 0. The molecule has 1 nitrogen and oxygen atoms in total. The van der Waals surface area contributed by atoms with Crippen LogP contribution in [0.25, 0.3) is 54.9 Å². The molecule has 0 unspecified atom stereocenters. The van der Waals surface area contributed by atoms with E-state index in [9.17, 15) is 0 Å². The third-order valence-electron chi connectivity index (χ3n) is 13.1. The maximum atomic E-state index is 2.53. The van der Waals surface area contributed by atoms with Crippen LogP contribution in [0.1, 0.15) is 47.2 Å². The van der Waals surface area contributed by atoms with E-state index >= 15 is 0 Å². The minimum Gasteiger partial charge on any atom is -0.310 e. The number of hydrogen-bond donors (Lipinski definition) is 0. The van der Waals surface area contributed by atoms with Gasteiger partial charge in [0.15, 0.2) is 0 Å². The molecule has 0 N–H and O–H groups in total. The molecule has 12 rings (SSSR count). The van der Waals surface area contributed by atoms with Crippen LogP contribution >= 0.6 is 0 Å². The number of benzene rings is 9. The zero-order chi connectivity index (χ0) is 36.5. The number of rotatable bonds is 3. The van der Waals surface area contributed by atoms with Gasteiger partial charge >= 0.3 is 0 Å². The second-order valence-electron chi connectivity index (χ2n) is 16.0. The van der Waals surface area contributed by atoms with Gasteiger partial charge in [-0.25, -0.2) is 0 Å². The smallest absolute Gasteiger partial charge is 0.0726 e. The summed E-state index contributed by atoms with van der Waals surface area (Å²) in [6.07, 6.45) is 0. The second-order valence-corrected chi connectivity index (χ2v) is 16.0. The van der Waals surface area contributed by atoms with Gasteiger partial charge < -0.3 is 4.90 Å². The summed E-state index contributed by atoms with van der Waals surface area (Å²) in [5.41, 5.74) is 19.1. The van der Waals surface area contributed by atoms with E-state index in [1.807, 2.05) is 0 Å². The fourth-order valence-electron chi connectivity index (χ4n) is 10.7. The highest BCUT2D eigenvalue weighted by Gasteiger charge is 2.52. The molecule has 0 aliphatic heterocycles.